The van der Waals surface area contributed by atoms with Gasteiger partial charge in [-0.25, -0.2) is 0 Å². The molecule has 2 heterocycles. The number of rotatable bonds is 19. The number of carbonyl (C=O) groups is 2. The van der Waals surface area contributed by atoms with E-state index in [1.807, 2.05) is 26.1 Å². The fraction of sp³-hybridized carbons (Fsp3) is 0.476. The Kier molecular flexibility index (Phi) is 18.8. The second kappa shape index (κ2) is 22.4. The molecule has 4 N–H and O–H groups in total. The molecule has 2 aromatic carbocycles. The number of hydrazine groups is 1. The number of unbranched alkanes of at least 4 members (excludes halogenated alkanes) is 1. The third-order valence-electron chi connectivity index (χ3n) is 8.77. The van der Waals surface area contributed by atoms with Crippen LogP contribution in [0.2, 0.25) is 0 Å². The van der Waals surface area contributed by atoms with E-state index in [0.29, 0.717) is 38.7 Å². The molecule has 1 unspecified atom stereocenters. The summed E-state index contributed by atoms with van der Waals surface area (Å²) in [5, 5.41) is 19.1. The predicted octanol–water partition coefficient (Wildman–Crippen LogP) is 8.63. The van der Waals surface area contributed by atoms with Crippen molar-refractivity contribution in [1.29, 1.82) is 5.26 Å². The number of nitrogens with zero attached hydrogens (tertiary/aromatic N) is 3. The minimum absolute atomic E-state index is 0.162. The fourth-order valence-electron chi connectivity index (χ4n) is 6.50. The summed E-state index contributed by atoms with van der Waals surface area (Å²) in [6, 6.07) is 17.8. The SMILES string of the molecule is CC.CC#N.CCC(OC)c1ncccc1-c1c(CC(C)(C)COC=O)c2cc(-c3cc(O)cc(CCC(=O)CCCCNN)c3)ccc2n1CC. The summed E-state index contributed by atoms with van der Waals surface area (Å²) >= 11 is 0. The Balaban J connectivity index is 0.00000178. The van der Waals surface area contributed by atoms with Crippen LogP contribution in [0.5, 0.6) is 5.75 Å². The summed E-state index contributed by atoms with van der Waals surface area (Å²) in [7, 11) is 1.72. The Morgan fingerprint density at radius 1 is 1.12 bits per heavy atom. The number of phenolic OH excluding ortho intramolecular Hbond substituents is 1. The number of ether oxygens (including phenoxy) is 2. The second-order valence-electron chi connectivity index (χ2n) is 13.2. The Bertz CT molecular complexity index is 1750. The Morgan fingerprint density at radius 2 is 1.85 bits per heavy atom. The number of pyridine rings is 1. The zero-order valence-corrected chi connectivity index (χ0v) is 32.4. The van der Waals surface area contributed by atoms with Crippen molar-refractivity contribution in [1.82, 2.24) is 15.0 Å². The van der Waals surface area contributed by atoms with Gasteiger partial charge in [0.1, 0.15) is 11.5 Å². The maximum Gasteiger partial charge on any atom is 0.293 e. The minimum atomic E-state index is -0.349. The molecule has 10 nitrogen and oxygen atoms in total. The summed E-state index contributed by atoms with van der Waals surface area (Å²) in [6.07, 6.45) is 6.26. The van der Waals surface area contributed by atoms with Crippen LogP contribution in [0.4, 0.5) is 0 Å². The third kappa shape index (κ3) is 12.0. The molecule has 0 aliphatic carbocycles. The van der Waals surface area contributed by atoms with Gasteiger partial charge in [0.2, 0.25) is 0 Å². The summed E-state index contributed by atoms with van der Waals surface area (Å²) in [4.78, 5) is 28.5. The van der Waals surface area contributed by atoms with Crippen molar-refractivity contribution in [2.24, 2.45) is 11.3 Å². The van der Waals surface area contributed by atoms with Gasteiger partial charge in [-0.2, -0.15) is 5.26 Å². The average molecular weight is 714 g/mol. The van der Waals surface area contributed by atoms with E-state index < -0.39 is 0 Å². The molecule has 0 spiro atoms. The lowest BCUT2D eigenvalue weighted by molar-refractivity contribution is -0.131. The number of aromatic nitrogens is 2. The van der Waals surface area contributed by atoms with E-state index in [2.05, 4.69) is 68.0 Å². The van der Waals surface area contributed by atoms with Crippen molar-refractivity contribution < 1.29 is 24.2 Å². The first-order valence-corrected chi connectivity index (χ1v) is 18.4. The van der Waals surface area contributed by atoms with Crippen LogP contribution in [-0.4, -0.2) is 47.2 Å². The highest BCUT2D eigenvalue weighted by Gasteiger charge is 2.29. The standard InChI is InChI=1S/C38H50N4O5.C2H3N.C2H6/c1-6-35(46-5)36-31(12-10-17-40-36)37-33(23-38(3,4)24-47-25-43)32-22-27(14-16-34(32)42(37)7-2)28-19-26(20-30(45)21-28)13-15-29(44)11-8-9-18-41-39;1-2-3;1-2/h10,12,14,16-17,19-22,25,35,41,45H,6-9,11,13,15,18,23-24,39H2,1-5H3;1H3;1-2H3. The van der Waals surface area contributed by atoms with Crippen LogP contribution in [-0.2, 0) is 38.4 Å². The number of methoxy groups -OCH3 is 1. The number of nitriles is 1. The molecular formula is C42H59N5O5. The van der Waals surface area contributed by atoms with E-state index in [1.165, 1.54) is 6.92 Å². The monoisotopic (exact) mass is 713 g/mol. The van der Waals surface area contributed by atoms with Crippen LogP contribution in [0.1, 0.15) is 103 Å². The van der Waals surface area contributed by atoms with Crippen LogP contribution in [0, 0.1) is 16.7 Å². The van der Waals surface area contributed by atoms with Crippen LogP contribution >= 0.6 is 0 Å². The molecule has 0 radical (unpaired) electrons. The lowest BCUT2D eigenvalue weighted by Crippen LogP contribution is -2.22. The van der Waals surface area contributed by atoms with E-state index in [4.69, 9.17) is 25.6 Å². The van der Waals surface area contributed by atoms with Gasteiger partial charge in [0.25, 0.3) is 6.47 Å². The topological polar surface area (TPSA) is 152 Å². The van der Waals surface area contributed by atoms with Crippen LogP contribution in [0.25, 0.3) is 33.3 Å². The largest absolute Gasteiger partial charge is 0.508 e. The number of fused-ring (bicyclic) bond motifs is 1. The normalized spacial score (nSPS) is 11.5. The molecule has 0 saturated carbocycles. The lowest BCUT2D eigenvalue weighted by Gasteiger charge is -2.25. The molecule has 0 saturated heterocycles. The van der Waals surface area contributed by atoms with Crippen LogP contribution < -0.4 is 11.3 Å². The van der Waals surface area contributed by atoms with Gasteiger partial charge < -0.3 is 19.1 Å². The molecule has 0 aliphatic heterocycles. The molecule has 4 rings (SSSR count). The van der Waals surface area contributed by atoms with Gasteiger partial charge in [-0.05, 0) is 97.7 Å². The molecular weight excluding hydrogens is 654 g/mol. The number of aromatic hydroxyl groups is 1. The van der Waals surface area contributed by atoms with Crippen molar-refractivity contribution in [2.75, 3.05) is 20.3 Å². The van der Waals surface area contributed by atoms with Gasteiger partial charge in [0.15, 0.2) is 0 Å². The Hall–Kier alpha value is -4.56. The number of nitrogens with one attached hydrogen (secondary N) is 1. The molecule has 0 fully saturated rings. The predicted molar refractivity (Wildman–Crippen MR) is 209 cm³/mol. The Labute approximate surface area is 310 Å². The van der Waals surface area contributed by atoms with E-state index in [0.717, 1.165) is 75.9 Å². The molecule has 2 aromatic heterocycles. The van der Waals surface area contributed by atoms with Gasteiger partial charge in [-0.3, -0.25) is 25.8 Å². The molecule has 0 bridgehead atoms. The maximum absolute atomic E-state index is 12.5. The van der Waals surface area contributed by atoms with E-state index in [1.54, 1.807) is 25.3 Å². The molecule has 0 aliphatic rings. The van der Waals surface area contributed by atoms with Gasteiger partial charge in [-0.15, -0.1) is 0 Å². The van der Waals surface area contributed by atoms with Gasteiger partial charge in [0.05, 0.1) is 30.2 Å². The number of ketones is 1. The highest BCUT2D eigenvalue weighted by Crippen LogP contribution is 2.42. The first-order valence-electron chi connectivity index (χ1n) is 18.4. The lowest BCUT2D eigenvalue weighted by atomic mass is 9.84. The molecule has 4 aromatic rings. The first-order chi connectivity index (χ1) is 25.1. The number of aryl methyl sites for hydroxylation is 2. The zero-order valence-electron chi connectivity index (χ0n) is 32.4. The van der Waals surface area contributed by atoms with Crippen molar-refractivity contribution in [3.63, 3.8) is 0 Å². The molecule has 1 atom stereocenters. The van der Waals surface area contributed by atoms with Crippen molar-refractivity contribution in [2.45, 2.75) is 106 Å². The highest BCUT2D eigenvalue weighted by atomic mass is 16.5. The number of hydrogen-bond donors (Lipinski definition) is 3. The fourth-order valence-corrected chi connectivity index (χ4v) is 6.50. The van der Waals surface area contributed by atoms with Crippen molar-refractivity contribution >= 4 is 23.2 Å². The number of Topliss-reactive ketones (excluding diaryl/α,β-unsaturated/α-hetero) is 1. The molecule has 10 heteroatoms. The van der Waals surface area contributed by atoms with Gasteiger partial charge >= 0.3 is 0 Å². The second-order valence-corrected chi connectivity index (χ2v) is 13.2. The summed E-state index contributed by atoms with van der Waals surface area (Å²) in [5.74, 6) is 5.70. The van der Waals surface area contributed by atoms with E-state index in [9.17, 15) is 14.7 Å². The van der Waals surface area contributed by atoms with Crippen LogP contribution in [0.15, 0.2) is 54.7 Å². The number of nitrogens with two attached hydrogens (primary N) is 1. The van der Waals surface area contributed by atoms with Crippen molar-refractivity contribution in [3.8, 4) is 34.2 Å². The average Bonchev–Trinajstić information content (AvgIpc) is 3.44. The summed E-state index contributed by atoms with van der Waals surface area (Å²) in [5.41, 5.74) is 10.3. The quantitative estimate of drug-likeness (QED) is 0.0375. The number of hydrogen-bond acceptors (Lipinski definition) is 9. The number of benzene rings is 2. The van der Waals surface area contributed by atoms with Gasteiger partial charge in [0, 0.05) is 68.0 Å². The van der Waals surface area contributed by atoms with E-state index in [-0.39, 0.29) is 29.7 Å². The smallest absolute Gasteiger partial charge is 0.293 e. The number of carbonyl (C=O) groups excluding carboxylic acids is 2. The van der Waals surface area contributed by atoms with Crippen LogP contribution in [0.3, 0.4) is 0 Å². The minimum Gasteiger partial charge on any atom is -0.508 e. The molecule has 52 heavy (non-hydrogen) atoms. The zero-order chi connectivity index (χ0) is 38.7. The summed E-state index contributed by atoms with van der Waals surface area (Å²) in [6.45, 7) is 16.1. The molecule has 282 valence electrons. The maximum atomic E-state index is 12.5. The highest BCUT2D eigenvalue weighted by molar-refractivity contribution is 5.95. The third-order valence-corrected chi connectivity index (χ3v) is 8.77. The summed E-state index contributed by atoms with van der Waals surface area (Å²) < 4.78 is 13.5. The van der Waals surface area contributed by atoms with Crippen molar-refractivity contribution in [3.05, 3.63) is 71.5 Å². The number of phenols is 1. The molecule has 0 amide bonds. The van der Waals surface area contributed by atoms with Gasteiger partial charge in [-0.1, -0.05) is 46.8 Å². The van der Waals surface area contributed by atoms with E-state index >= 15 is 0 Å². The Morgan fingerprint density at radius 3 is 2.48 bits per heavy atom. The first kappa shape index (κ1) is 43.6.